The fraction of sp³-hybridized carbons (Fsp3) is 0.120. The van der Waals surface area contributed by atoms with E-state index in [9.17, 15) is 14.4 Å². The molecule has 0 saturated carbocycles. The lowest BCUT2D eigenvalue weighted by atomic mass is 10.1. The summed E-state index contributed by atoms with van der Waals surface area (Å²) in [6, 6.07) is 20.5. The van der Waals surface area contributed by atoms with Crippen LogP contribution in [0.2, 0.25) is 5.02 Å². The molecule has 1 atom stereocenters. The van der Waals surface area contributed by atoms with E-state index in [1.807, 2.05) is 6.07 Å². The van der Waals surface area contributed by atoms with Gasteiger partial charge in [-0.2, -0.15) is 5.26 Å². The monoisotopic (exact) mass is 459 g/mol. The Morgan fingerprint density at radius 2 is 1.67 bits per heavy atom. The summed E-state index contributed by atoms with van der Waals surface area (Å²) in [7, 11) is 0. The van der Waals surface area contributed by atoms with E-state index in [1.165, 1.54) is 25.1 Å². The molecule has 4 rings (SSSR count). The Labute approximate surface area is 193 Å². The van der Waals surface area contributed by atoms with E-state index >= 15 is 0 Å². The number of halogens is 1. The summed E-state index contributed by atoms with van der Waals surface area (Å²) in [6.07, 6.45) is -1.08. The van der Waals surface area contributed by atoms with Gasteiger partial charge in [0.1, 0.15) is 12.6 Å². The van der Waals surface area contributed by atoms with Crippen molar-refractivity contribution in [3.05, 3.63) is 87.5 Å². The molecule has 0 bridgehead atoms. The number of nitrogens with one attached hydrogen (secondary N) is 1. The van der Waals surface area contributed by atoms with Gasteiger partial charge in [0.2, 0.25) is 0 Å². The summed E-state index contributed by atoms with van der Waals surface area (Å²) in [6.45, 7) is 1.28. The molecule has 1 aromatic heterocycles. The molecule has 0 fully saturated rings. The molecule has 1 N–H and O–H groups in total. The summed E-state index contributed by atoms with van der Waals surface area (Å²) >= 11 is 5.99. The summed E-state index contributed by atoms with van der Waals surface area (Å²) in [5, 5.41) is 12.8. The minimum Gasteiger partial charge on any atom is -0.451 e. The Kier molecular flexibility index (Phi) is 6.11. The molecule has 0 saturated heterocycles. The number of hydrogen-bond donors (Lipinski definition) is 1. The van der Waals surface area contributed by atoms with E-state index in [-0.39, 0.29) is 22.6 Å². The molecule has 8 heteroatoms. The SMILES string of the molecule is CC(OC(=O)Cn1c2ccccc2c(=O)c2ccccc21)C(=O)Nc1ccc(C#N)c(Cl)c1. The quantitative estimate of drug-likeness (QED) is 0.355. The molecule has 164 valence electrons. The fourth-order valence-corrected chi connectivity index (χ4v) is 3.81. The summed E-state index contributed by atoms with van der Waals surface area (Å²) in [5.41, 5.74) is 1.75. The Bertz CT molecular complexity index is 1440. The molecule has 0 radical (unpaired) electrons. The lowest BCUT2D eigenvalue weighted by Crippen LogP contribution is -2.31. The molecular formula is C25H18ClN3O4. The van der Waals surface area contributed by atoms with Crippen molar-refractivity contribution in [3.8, 4) is 6.07 Å². The normalized spacial score (nSPS) is 11.7. The maximum absolute atomic E-state index is 12.8. The molecular weight excluding hydrogens is 442 g/mol. The minimum absolute atomic E-state index is 0.111. The first-order valence-corrected chi connectivity index (χ1v) is 10.5. The average molecular weight is 460 g/mol. The predicted molar refractivity (Wildman–Crippen MR) is 126 cm³/mol. The number of rotatable bonds is 5. The van der Waals surface area contributed by atoms with E-state index in [0.29, 0.717) is 27.5 Å². The van der Waals surface area contributed by atoms with Gasteiger partial charge in [-0.1, -0.05) is 35.9 Å². The molecule has 0 spiro atoms. The lowest BCUT2D eigenvalue weighted by molar-refractivity contribution is -0.153. The number of nitriles is 1. The van der Waals surface area contributed by atoms with E-state index in [2.05, 4.69) is 5.32 Å². The van der Waals surface area contributed by atoms with Gasteiger partial charge in [0.25, 0.3) is 5.91 Å². The zero-order valence-electron chi connectivity index (χ0n) is 17.5. The molecule has 3 aromatic carbocycles. The number of esters is 1. The van der Waals surface area contributed by atoms with Crippen molar-refractivity contribution in [2.75, 3.05) is 5.32 Å². The number of carbonyl (C=O) groups is 2. The third kappa shape index (κ3) is 4.43. The number of para-hydroxylation sites is 2. The van der Waals surface area contributed by atoms with Crippen molar-refractivity contribution in [1.82, 2.24) is 4.57 Å². The zero-order chi connectivity index (χ0) is 23.5. The number of anilines is 1. The van der Waals surface area contributed by atoms with Crippen LogP contribution in [0.15, 0.2) is 71.5 Å². The predicted octanol–water partition coefficient (Wildman–Crippen LogP) is 4.25. The van der Waals surface area contributed by atoms with Crippen LogP contribution in [0, 0.1) is 11.3 Å². The van der Waals surface area contributed by atoms with E-state index in [1.54, 1.807) is 53.1 Å². The van der Waals surface area contributed by atoms with Crippen LogP contribution in [0.25, 0.3) is 21.8 Å². The molecule has 1 heterocycles. The van der Waals surface area contributed by atoms with Crippen LogP contribution in [0.5, 0.6) is 0 Å². The molecule has 4 aromatic rings. The first-order chi connectivity index (χ1) is 15.9. The van der Waals surface area contributed by atoms with Crippen molar-refractivity contribution in [1.29, 1.82) is 5.26 Å². The second-order valence-corrected chi connectivity index (χ2v) is 7.78. The maximum Gasteiger partial charge on any atom is 0.326 e. The van der Waals surface area contributed by atoms with Crippen molar-refractivity contribution >= 4 is 51.0 Å². The van der Waals surface area contributed by atoms with Crippen molar-refractivity contribution < 1.29 is 14.3 Å². The van der Waals surface area contributed by atoms with E-state index in [4.69, 9.17) is 21.6 Å². The van der Waals surface area contributed by atoms with Crippen LogP contribution in [-0.2, 0) is 20.9 Å². The molecule has 33 heavy (non-hydrogen) atoms. The van der Waals surface area contributed by atoms with Crippen LogP contribution in [-0.4, -0.2) is 22.5 Å². The Balaban J connectivity index is 1.54. The fourth-order valence-electron chi connectivity index (χ4n) is 3.59. The van der Waals surface area contributed by atoms with Crippen LogP contribution >= 0.6 is 11.6 Å². The number of benzene rings is 3. The van der Waals surface area contributed by atoms with Gasteiger partial charge in [-0.3, -0.25) is 14.4 Å². The number of amides is 1. The first kappa shape index (κ1) is 22.1. The molecule has 1 amide bonds. The van der Waals surface area contributed by atoms with Crippen LogP contribution in [0.3, 0.4) is 0 Å². The van der Waals surface area contributed by atoms with Crippen LogP contribution in [0.4, 0.5) is 5.69 Å². The van der Waals surface area contributed by atoms with Gasteiger partial charge in [0.05, 0.1) is 21.6 Å². The number of hydrogen-bond acceptors (Lipinski definition) is 5. The first-order valence-electron chi connectivity index (χ1n) is 10.1. The number of nitrogens with zero attached hydrogens (tertiary/aromatic N) is 2. The van der Waals surface area contributed by atoms with Crippen LogP contribution in [0.1, 0.15) is 12.5 Å². The number of aromatic nitrogens is 1. The molecule has 0 aliphatic rings. The number of pyridine rings is 1. The van der Waals surface area contributed by atoms with Crippen molar-refractivity contribution in [2.24, 2.45) is 0 Å². The maximum atomic E-state index is 12.8. The Hall–Kier alpha value is -4.15. The molecule has 7 nitrogen and oxygen atoms in total. The van der Waals surface area contributed by atoms with Gasteiger partial charge < -0.3 is 14.6 Å². The van der Waals surface area contributed by atoms with Gasteiger partial charge in [-0.15, -0.1) is 0 Å². The van der Waals surface area contributed by atoms with Gasteiger partial charge in [-0.05, 0) is 49.4 Å². The van der Waals surface area contributed by atoms with Gasteiger partial charge in [0, 0.05) is 16.5 Å². The van der Waals surface area contributed by atoms with Gasteiger partial charge >= 0.3 is 5.97 Å². The van der Waals surface area contributed by atoms with Crippen molar-refractivity contribution in [3.63, 3.8) is 0 Å². The second kappa shape index (κ2) is 9.15. The standard InChI is InChI=1S/C25H18ClN3O4/c1-15(25(32)28-17-11-10-16(13-27)20(26)12-17)33-23(30)14-29-21-8-4-2-6-18(21)24(31)19-7-3-5-9-22(19)29/h2-12,15H,14H2,1H3,(H,28,32). The largest absolute Gasteiger partial charge is 0.451 e. The van der Waals surface area contributed by atoms with Crippen molar-refractivity contribution in [2.45, 2.75) is 19.6 Å². The highest BCUT2D eigenvalue weighted by atomic mass is 35.5. The summed E-state index contributed by atoms with van der Waals surface area (Å²) in [5.74, 6) is -1.17. The average Bonchev–Trinajstić information content (AvgIpc) is 2.82. The number of ether oxygens (including phenoxy) is 1. The highest BCUT2D eigenvalue weighted by molar-refractivity contribution is 6.32. The highest BCUT2D eigenvalue weighted by Crippen LogP contribution is 2.21. The Morgan fingerprint density at radius 1 is 1.06 bits per heavy atom. The third-order valence-electron chi connectivity index (χ3n) is 5.20. The van der Waals surface area contributed by atoms with Gasteiger partial charge in [-0.25, -0.2) is 0 Å². The second-order valence-electron chi connectivity index (χ2n) is 7.38. The topological polar surface area (TPSA) is 101 Å². The molecule has 0 aliphatic carbocycles. The third-order valence-corrected chi connectivity index (χ3v) is 5.51. The van der Waals surface area contributed by atoms with E-state index in [0.717, 1.165) is 0 Å². The number of carbonyl (C=O) groups excluding carboxylic acids is 2. The smallest absolute Gasteiger partial charge is 0.326 e. The van der Waals surface area contributed by atoms with E-state index < -0.39 is 18.0 Å². The highest BCUT2D eigenvalue weighted by Gasteiger charge is 2.20. The molecule has 0 aliphatic heterocycles. The summed E-state index contributed by atoms with van der Waals surface area (Å²) in [4.78, 5) is 38.0. The number of fused-ring (bicyclic) bond motifs is 2. The van der Waals surface area contributed by atoms with Gasteiger partial charge in [0.15, 0.2) is 11.5 Å². The minimum atomic E-state index is -1.08. The Morgan fingerprint density at radius 3 is 2.24 bits per heavy atom. The van der Waals surface area contributed by atoms with Crippen LogP contribution < -0.4 is 10.7 Å². The zero-order valence-corrected chi connectivity index (χ0v) is 18.3. The summed E-state index contributed by atoms with van der Waals surface area (Å²) < 4.78 is 7.06. The lowest BCUT2D eigenvalue weighted by Gasteiger charge is -2.17. The molecule has 1 unspecified atom stereocenters.